The van der Waals surface area contributed by atoms with Gasteiger partial charge in [-0.25, -0.2) is 13.6 Å². The molecule has 0 aromatic heterocycles. The molecule has 3 N–H and O–H groups in total. The van der Waals surface area contributed by atoms with Gasteiger partial charge >= 0.3 is 0 Å². The number of anilines is 1. The average Bonchev–Trinajstić information content (AvgIpc) is 2.63. The summed E-state index contributed by atoms with van der Waals surface area (Å²) in [6.45, 7) is 0.816. The molecule has 1 unspecified atom stereocenters. The third-order valence-corrected chi connectivity index (χ3v) is 6.31. The number of hydrogen-bond donors (Lipinski definition) is 2. The summed E-state index contributed by atoms with van der Waals surface area (Å²) in [6, 6.07) is 3.67. The van der Waals surface area contributed by atoms with Gasteiger partial charge in [0, 0.05) is 22.8 Å². The maximum absolute atomic E-state index is 11.5. The number of nitro groups is 1. The quantitative estimate of drug-likeness (QED) is 0.420. The molecule has 29 heavy (non-hydrogen) atoms. The van der Waals surface area contributed by atoms with Crippen molar-refractivity contribution in [3.63, 3.8) is 0 Å². The number of allylic oxidation sites excluding steroid dienone is 3. The standard InChI is InChI=1S/C18H26N4O4S2.CH4/c1-21(2)11-10-14(13-27-15-6-4-3-5-7-15)20-17-9-8-16(28(19,25)26)12-18(17)22(23)24;/h4,6-9,12,14,20H,3,5,10-11,13H2,1-2H3,(H2,19,25,26);1H4. The number of nitrogens with zero attached hydrogens (tertiary/aromatic N) is 2. The van der Waals surface area contributed by atoms with Crippen LogP contribution in [-0.4, -0.2) is 50.7 Å². The molecule has 0 heterocycles. The van der Waals surface area contributed by atoms with Crippen molar-refractivity contribution in [1.82, 2.24) is 4.90 Å². The van der Waals surface area contributed by atoms with E-state index in [0.29, 0.717) is 0 Å². The van der Waals surface area contributed by atoms with Crippen molar-refractivity contribution in [2.45, 2.75) is 37.6 Å². The lowest BCUT2D eigenvalue weighted by Crippen LogP contribution is -2.28. The van der Waals surface area contributed by atoms with Crippen molar-refractivity contribution in [3.8, 4) is 0 Å². The molecule has 1 atom stereocenters. The molecule has 0 radical (unpaired) electrons. The Hall–Kier alpha value is -1.88. The molecule has 1 aliphatic carbocycles. The number of sulfonamides is 1. The number of rotatable bonds is 10. The maximum Gasteiger partial charge on any atom is 0.293 e. The fourth-order valence-electron chi connectivity index (χ4n) is 2.69. The normalized spacial score (nSPS) is 14.8. The Kier molecular flexibility index (Phi) is 9.84. The highest BCUT2D eigenvalue weighted by Crippen LogP contribution is 2.30. The predicted molar refractivity (Wildman–Crippen MR) is 121 cm³/mol. The van der Waals surface area contributed by atoms with E-state index in [4.69, 9.17) is 5.14 Å². The van der Waals surface area contributed by atoms with Crippen LogP contribution in [0.4, 0.5) is 11.4 Å². The zero-order valence-corrected chi connectivity index (χ0v) is 17.6. The van der Waals surface area contributed by atoms with Crippen molar-refractivity contribution in [3.05, 3.63) is 51.4 Å². The van der Waals surface area contributed by atoms with E-state index in [-0.39, 0.29) is 29.7 Å². The Balaban J connectivity index is 0.00000420. The van der Waals surface area contributed by atoms with Crippen LogP contribution in [0.15, 0.2) is 46.2 Å². The summed E-state index contributed by atoms with van der Waals surface area (Å²) in [4.78, 5) is 13.8. The molecule has 1 aromatic carbocycles. The molecule has 0 saturated heterocycles. The summed E-state index contributed by atoms with van der Waals surface area (Å²) in [5.41, 5.74) is -0.0157. The van der Waals surface area contributed by atoms with E-state index >= 15 is 0 Å². The SMILES string of the molecule is C.CN(C)CCC(CSC1=CCCC=C1)Nc1ccc(S(N)(=O)=O)cc1[N+](=O)[O-]. The van der Waals surface area contributed by atoms with Crippen molar-refractivity contribution in [2.75, 3.05) is 31.7 Å². The van der Waals surface area contributed by atoms with Crippen LogP contribution in [0, 0.1) is 10.1 Å². The number of nitrogens with one attached hydrogen (secondary N) is 1. The summed E-state index contributed by atoms with van der Waals surface area (Å²) >= 11 is 1.71. The zero-order valence-electron chi connectivity index (χ0n) is 16.0. The van der Waals surface area contributed by atoms with E-state index in [2.05, 4.69) is 28.4 Å². The second kappa shape index (κ2) is 11.3. The first-order chi connectivity index (χ1) is 13.2. The first-order valence-electron chi connectivity index (χ1n) is 8.89. The number of primary sulfonamides is 1. The Morgan fingerprint density at radius 3 is 2.62 bits per heavy atom. The molecule has 0 bridgehead atoms. The van der Waals surface area contributed by atoms with Crippen LogP contribution < -0.4 is 10.5 Å². The van der Waals surface area contributed by atoms with Gasteiger partial charge in [0.15, 0.2) is 0 Å². The second-order valence-corrected chi connectivity index (χ2v) is 9.47. The van der Waals surface area contributed by atoms with Gasteiger partial charge in [0.25, 0.3) is 5.69 Å². The molecule has 10 heteroatoms. The molecule has 0 saturated carbocycles. The fourth-order valence-corrected chi connectivity index (χ4v) is 4.29. The van der Waals surface area contributed by atoms with Crippen molar-refractivity contribution in [1.29, 1.82) is 0 Å². The van der Waals surface area contributed by atoms with Gasteiger partial charge < -0.3 is 10.2 Å². The Morgan fingerprint density at radius 2 is 2.07 bits per heavy atom. The minimum absolute atomic E-state index is 0. The van der Waals surface area contributed by atoms with Crippen LogP contribution in [0.2, 0.25) is 0 Å². The van der Waals surface area contributed by atoms with Crippen LogP contribution in [0.5, 0.6) is 0 Å². The number of nitrogens with two attached hydrogens (primary N) is 1. The highest BCUT2D eigenvalue weighted by Gasteiger charge is 2.21. The van der Waals surface area contributed by atoms with Gasteiger partial charge in [0.1, 0.15) is 5.69 Å². The summed E-state index contributed by atoms with van der Waals surface area (Å²) in [5.74, 6) is 0.734. The molecule has 1 aliphatic rings. The van der Waals surface area contributed by atoms with Crippen LogP contribution in [0.1, 0.15) is 26.7 Å². The van der Waals surface area contributed by atoms with Crippen LogP contribution in [0.3, 0.4) is 0 Å². The van der Waals surface area contributed by atoms with E-state index in [1.54, 1.807) is 11.8 Å². The van der Waals surface area contributed by atoms with Gasteiger partial charge in [0.2, 0.25) is 10.0 Å². The minimum atomic E-state index is -4.01. The molecule has 162 valence electrons. The topological polar surface area (TPSA) is 119 Å². The van der Waals surface area contributed by atoms with Crippen LogP contribution in [0.25, 0.3) is 0 Å². The molecular weight excluding hydrogens is 412 g/mol. The second-order valence-electron chi connectivity index (χ2n) is 6.81. The lowest BCUT2D eigenvalue weighted by molar-refractivity contribution is -0.384. The summed E-state index contributed by atoms with van der Waals surface area (Å²) in [7, 11) is -0.0640. The third-order valence-electron chi connectivity index (χ3n) is 4.19. The van der Waals surface area contributed by atoms with E-state index < -0.39 is 14.9 Å². The molecule has 0 spiro atoms. The summed E-state index contributed by atoms with van der Waals surface area (Å²) in [6.07, 6.45) is 9.29. The first kappa shape index (κ1) is 25.2. The van der Waals surface area contributed by atoms with Gasteiger partial charge in [-0.15, -0.1) is 11.8 Å². The molecule has 2 rings (SSSR count). The Bertz CT molecular complexity index is 867. The third kappa shape index (κ3) is 8.17. The van der Waals surface area contributed by atoms with Gasteiger partial charge in [-0.2, -0.15) is 0 Å². The molecular formula is C19H30N4O4S2. The number of benzene rings is 1. The summed E-state index contributed by atoms with van der Waals surface area (Å²) < 4.78 is 23.0. The molecule has 0 aliphatic heterocycles. The molecule has 0 fully saturated rings. The molecule has 0 amide bonds. The summed E-state index contributed by atoms with van der Waals surface area (Å²) in [5, 5.41) is 19.8. The minimum Gasteiger partial charge on any atom is -0.376 e. The van der Waals surface area contributed by atoms with Crippen molar-refractivity contribution < 1.29 is 13.3 Å². The fraction of sp³-hybridized carbons (Fsp3) is 0.474. The lowest BCUT2D eigenvalue weighted by atomic mass is 10.2. The van der Waals surface area contributed by atoms with E-state index in [1.165, 1.54) is 17.0 Å². The van der Waals surface area contributed by atoms with Crippen molar-refractivity contribution in [2.24, 2.45) is 5.14 Å². The van der Waals surface area contributed by atoms with Gasteiger partial charge in [-0.3, -0.25) is 10.1 Å². The van der Waals surface area contributed by atoms with Crippen LogP contribution in [-0.2, 0) is 10.0 Å². The van der Waals surface area contributed by atoms with Crippen molar-refractivity contribution >= 4 is 33.2 Å². The highest BCUT2D eigenvalue weighted by molar-refractivity contribution is 8.03. The van der Waals surface area contributed by atoms with E-state index in [1.807, 2.05) is 14.1 Å². The zero-order chi connectivity index (χ0) is 20.7. The first-order valence-corrected chi connectivity index (χ1v) is 11.4. The largest absolute Gasteiger partial charge is 0.376 e. The Labute approximate surface area is 177 Å². The number of thioether (sulfide) groups is 1. The van der Waals surface area contributed by atoms with E-state index in [9.17, 15) is 18.5 Å². The molecule has 1 aromatic rings. The van der Waals surface area contributed by atoms with Gasteiger partial charge in [-0.05, 0) is 52.0 Å². The number of hydrogen-bond acceptors (Lipinski definition) is 7. The Morgan fingerprint density at radius 1 is 1.34 bits per heavy atom. The van der Waals surface area contributed by atoms with Gasteiger partial charge in [-0.1, -0.05) is 25.7 Å². The van der Waals surface area contributed by atoms with Crippen LogP contribution >= 0.6 is 11.8 Å². The van der Waals surface area contributed by atoms with Gasteiger partial charge in [0.05, 0.1) is 9.82 Å². The highest BCUT2D eigenvalue weighted by atomic mass is 32.2. The smallest absolute Gasteiger partial charge is 0.293 e. The number of nitro benzene ring substituents is 1. The lowest BCUT2D eigenvalue weighted by Gasteiger charge is -2.22. The predicted octanol–water partition coefficient (Wildman–Crippen LogP) is 3.58. The monoisotopic (exact) mass is 442 g/mol. The average molecular weight is 443 g/mol. The maximum atomic E-state index is 11.5. The molecule has 8 nitrogen and oxygen atoms in total. The van der Waals surface area contributed by atoms with E-state index in [0.717, 1.165) is 37.6 Å².